The summed E-state index contributed by atoms with van der Waals surface area (Å²) in [6.45, 7) is 8.68. The Kier molecular flexibility index (Phi) is 9.89. The quantitative estimate of drug-likeness (QED) is 0.0802. The van der Waals surface area contributed by atoms with Crippen LogP contribution in [0.15, 0.2) is 174 Å². The molecule has 0 unspecified atom stereocenters. The molecule has 0 aliphatic carbocycles. The minimum absolute atomic E-state index is 0.640. The lowest BCUT2D eigenvalue weighted by molar-refractivity contribution is 0.796. The van der Waals surface area contributed by atoms with E-state index in [9.17, 15) is 0 Å². The van der Waals surface area contributed by atoms with Gasteiger partial charge in [-0.15, -0.1) is 0 Å². The number of hydrogen-bond acceptors (Lipinski definition) is 1. The van der Waals surface area contributed by atoms with Crippen LogP contribution < -0.4 is 0 Å². The van der Waals surface area contributed by atoms with Crippen molar-refractivity contribution in [2.75, 3.05) is 0 Å². The van der Waals surface area contributed by atoms with Gasteiger partial charge in [-0.05, 0) is 92.7 Å². The number of amidine groups is 1. The highest BCUT2D eigenvalue weighted by Gasteiger charge is 2.18. The molecule has 0 saturated heterocycles. The Morgan fingerprint density at radius 1 is 0.540 bits per heavy atom. The minimum atomic E-state index is 0.640. The molecule has 0 heterocycles. The molecule has 0 aliphatic heterocycles. The number of unbranched alkanes of at least 4 members (excludes halogenated alkanes) is 1. The first-order chi connectivity index (χ1) is 24.6. The van der Waals surface area contributed by atoms with Crippen LogP contribution in [-0.2, 0) is 12.8 Å². The van der Waals surface area contributed by atoms with Crippen LogP contribution in [0.4, 0.5) is 0 Å². The Morgan fingerprint density at radius 2 is 1.16 bits per heavy atom. The van der Waals surface area contributed by atoms with Crippen molar-refractivity contribution < 1.29 is 0 Å². The first kappa shape index (κ1) is 32.7. The molecule has 0 aromatic heterocycles. The molecule has 50 heavy (non-hydrogen) atoms. The number of benzene rings is 7. The third-order valence-electron chi connectivity index (χ3n) is 9.47. The van der Waals surface area contributed by atoms with Crippen molar-refractivity contribution in [2.24, 2.45) is 9.98 Å². The van der Waals surface area contributed by atoms with Gasteiger partial charge in [0.15, 0.2) is 5.84 Å². The van der Waals surface area contributed by atoms with E-state index in [-0.39, 0.29) is 0 Å². The van der Waals surface area contributed by atoms with Gasteiger partial charge in [0.05, 0.1) is 5.70 Å². The van der Waals surface area contributed by atoms with Crippen molar-refractivity contribution in [1.29, 1.82) is 0 Å². The number of aliphatic imine (C=N–C) groups is 2. The second kappa shape index (κ2) is 15.1. The lowest BCUT2D eigenvalue weighted by atomic mass is 9.84. The molecule has 0 N–H and O–H groups in total. The fourth-order valence-corrected chi connectivity index (χ4v) is 6.83. The van der Waals surface area contributed by atoms with Crippen molar-refractivity contribution in [3.05, 3.63) is 198 Å². The molecule has 0 fully saturated rings. The number of nitrogens with zero attached hydrogens (tertiary/aromatic N) is 2. The maximum absolute atomic E-state index is 5.19. The molecule has 0 saturated carbocycles. The first-order valence-corrected chi connectivity index (χ1v) is 17.6. The summed E-state index contributed by atoms with van der Waals surface area (Å²) in [5.41, 5.74) is 11.0. The molecular formula is C48H42N2. The molecule has 0 amide bonds. The van der Waals surface area contributed by atoms with Crippen LogP contribution in [0, 0.1) is 0 Å². The number of rotatable bonds is 10. The average Bonchev–Trinajstić information content (AvgIpc) is 3.18. The number of fused-ring (bicyclic) bond motifs is 2. The summed E-state index contributed by atoms with van der Waals surface area (Å²) in [6, 6.07) is 56.0. The molecule has 0 atom stereocenters. The predicted octanol–water partition coefficient (Wildman–Crippen LogP) is 12.5. The van der Waals surface area contributed by atoms with Gasteiger partial charge in [0.2, 0.25) is 0 Å². The van der Waals surface area contributed by atoms with Gasteiger partial charge in [-0.2, -0.15) is 0 Å². The Hall–Kier alpha value is -5.86. The summed E-state index contributed by atoms with van der Waals surface area (Å²) in [4.78, 5) is 10.3. The van der Waals surface area contributed by atoms with Crippen molar-refractivity contribution in [3.8, 4) is 11.1 Å². The Bertz CT molecular complexity index is 2320. The predicted molar refractivity (Wildman–Crippen MR) is 215 cm³/mol. The highest BCUT2D eigenvalue weighted by molar-refractivity contribution is 6.18. The van der Waals surface area contributed by atoms with E-state index in [4.69, 9.17) is 9.98 Å². The van der Waals surface area contributed by atoms with Crippen LogP contribution in [-0.4, -0.2) is 11.5 Å². The zero-order valence-corrected chi connectivity index (χ0v) is 28.9. The van der Waals surface area contributed by atoms with Crippen molar-refractivity contribution >= 4 is 38.8 Å². The fourth-order valence-electron chi connectivity index (χ4n) is 6.83. The van der Waals surface area contributed by atoms with Gasteiger partial charge in [0.1, 0.15) is 0 Å². The third kappa shape index (κ3) is 7.11. The Labute approximate surface area is 296 Å². The number of aryl methyl sites for hydroxylation is 1. The molecule has 2 heteroatoms. The zero-order valence-electron chi connectivity index (χ0n) is 28.9. The van der Waals surface area contributed by atoms with Gasteiger partial charge in [0.25, 0.3) is 0 Å². The fraction of sp³-hybridized carbons (Fsp3) is 0.125. The van der Waals surface area contributed by atoms with E-state index in [1.807, 2.05) is 55.5 Å². The molecule has 244 valence electrons. The van der Waals surface area contributed by atoms with E-state index < -0.39 is 0 Å². The highest BCUT2D eigenvalue weighted by atomic mass is 14.9. The molecule has 0 radical (unpaired) electrons. The van der Waals surface area contributed by atoms with E-state index in [2.05, 4.69) is 123 Å². The van der Waals surface area contributed by atoms with Crippen LogP contribution in [0.5, 0.6) is 0 Å². The standard InChI is InChI=1S/C48H42N2/c1-4-5-18-37-27-29-43-45(32-37)44(31-36-19-10-6-11-20-36)42-30-28-41(33-46(42)47(43)40-25-16-9-17-26-40)48(49-34(2)38-21-12-7-13-22-38)50-35(3)39-23-14-8-15-24-39/h6-17,19-30,32-33H,2,4-5,18,31H2,1,3H3. The molecule has 0 aliphatic rings. The Morgan fingerprint density at radius 3 is 1.84 bits per heavy atom. The lowest BCUT2D eigenvalue weighted by Gasteiger charge is -2.19. The first-order valence-electron chi connectivity index (χ1n) is 17.6. The van der Waals surface area contributed by atoms with E-state index in [1.165, 1.54) is 62.2 Å². The van der Waals surface area contributed by atoms with Crippen molar-refractivity contribution in [2.45, 2.75) is 39.5 Å². The van der Waals surface area contributed by atoms with E-state index >= 15 is 0 Å². The molecule has 7 aromatic rings. The highest BCUT2D eigenvalue weighted by Crippen LogP contribution is 2.41. The zero-order chi connectivity index (χ0) is 34.3. The van der Waals surface area contributed by atoms with Crippen LogP contribution in [0.1, 0.15) is 60.1 Å². The normalized spacial score (nSPS) is 12.0. The van der Waals surface area contributed by atoms with Gasteiger partial charge in [-0.3, -0.25) is 0 Å². The maximum Gasteiger partial charge on any atom is 0.160 e. The largest absolute Gasteiger partial charge is 0.233 e. The monoisotopic (exact) mass is 646 g/mol. The summed E-state index contributed by atoms with van der Waals surface area (Å²) in [5.74, 6) is 0.640. The second-order valence-corrected chi connectivity index (χ2v) is 12.9. The molecule has 2 nitrogen and oxygen atoms in total. The van der Waals surface area contributed by atoms with Crippen molar-refractivity contribution in [1.82, 2.24) is 0 Å². The van der Waals surface area contributed by atoms with Gasteiger partial charge in [-0.1, -0.05) is 172 Å². The van der Waals surface area contributed by atoms with E-state index in [0.29, 0.717) is 11.5 Å². The molecule has 7 rings (SSSR count). The van der Waals surface area contributed by atoms with Gasteiger partial charge < -0.3 is 0 Å². The van der Waals surface area contributed by atoms with Gasteiger partial charge in [-0.25, -0.2) is 9.98 Å². The van der Waals surface area contributed by atoms with E-state index in [1.54, 1.807) is 0 Å². The second-order valence-electron chi connectivity index (χ2n) is 12.9. The average molecular weight is 647 g/mol. The smallest absolute Gasteiger partial charge is 0.160 e. The SMILES string of the molecule is C=C(N=C(N=C(C)c1ccccc1)c1ccc2c(Cc3ccccc3)c3cc(CCCC)ccc3c(-c3ccccc3)c2c1)c1ccccc1. The summed E-state index contributed by atoms with van der Waals surface area (Å²) < 4.78 is 0. The maximum atomic E-state index is 5.19. The molecule has 0 spiro atoms. The van der Waals surface area contributed by atoms with Gasteiger partial charge >= 0.3 is 0 Å². The van der Waals surface area contributed by atoms with Crippen molar-refractivity contribution in [3.63, 3.8) is 0 Å². The third-order valence-corrected chi connectivity index (χ3v) is 9.47. The Balaban J connectivity index is 1.51. The van der Waals surface area contributed by atoms with Crippen LogP contribution in [0.3, 0.4) is 0 Å². The van der Waals surface area contributed by atoms with Crippen LogP contribution in [0.2, 0.25) is 0 Å². The summed E-state index contributed by atoms with van der Waals surface area (Å²) in [6.07, 6.45) is 4.29. The van der Waals surface area contributed by atoms with Gasteiger partial charge in [0, 0.05) is 11.3 Å². The molecule has 0 bridgehead atoms. The van der Waals surface area contributed by atoms with Crippen LogP contribution in [0.25, 0.3) is 38.4 Å². The topological polar surface area (TPSA) is 24.7 Å². The number of hydrogen-bond donors (Lipinski definition) is 0. The lowest BCUT2D eigenvalue weighted by Crippen LogP contribution is -2.05. The van der Waals surface area contributed by atoms with Crippen LogP contribution >= 0.6 is 0 Å². The summed E-state index contributed by atoms with van der Waals surface area (Å²) >= 11 is 0. The summed E-state index contributed by atoms with van der Waals surface area (Å²) in [5, 5.41) is 5.04. The molecule has 7 aromatic carbocycles. The summed E-state index contributed by atoms with van der Waals surface area (Å²) in [7, 11) is 0. The molecular weight excluding hydrogens is 605 g/mol. The minimum Gasteiger partial charge on any atom is -0.233 e. The van der Waals surface area contributed by atoms with E-state index in [0.717, 1.165) is 35.2 Å².